The van der Waals surface area contributed by atoms with E-state index in [0.29, 0.717) is 13.0 Å². The summed E-state index contributed by atoms with van der Waals surface area (Å²) in [6.07, 6.45) is 21.3. The average molecular weight is 511 g/mol. The highest BCUT2D eigenvalue weighted by molar-refractivity contribution is 5.72. The molecule has 0 unspecified atom stereocenters. The van der Waals surface area contributed by atoms with Gasteiger partial charge in [0.25, 0.3) is 0 Å². The van der Waals surface area contributed by atoms with Crippen LogP contribution in [0.3, 0.4) is 0 Å². The Balaban J connectivity index is 1.84. The molecule has 0 radical (unpaired) electrons. The summed E-state index contributed by atoms with van der Waals surface area (Å²) < 4.78 is 36.8. The Morgan fingerprint density at radius 1 is 0.639 bits per heavy atom. The second-order valence-corrected chi connectivity index (χ2v) is 9.77. The van der Waals surface area contributed by atoms with Gasteiger partial charge in [-0.25, -0.2) is 8.78 Å². The molecule has 0 aliphatic rings. The molecule has 1 rings (SSSR count). The van der Waals surface area contributed by atoms with E-state index in [-0.39, 0.29) is 31.0 Å². The highest BCUT2D eigenvalue weighted by atomic mass is 19.1. The lowest BCUT2D eigenvalue weighted by molar-refractivity contribution is -0.146. The lowest BCUT2D eigenvalue weighted by Gasteiger charge is -2.07. The number of hydrogen-bond acceptors (Lipinski definition) is 4. The quantitative estimate of drug-likeness (QED) is 0.109. The highest BCUT2D eigenvalue weighted by Gasteiger charge is 2.10. The Bertz CT molecular complexity index is 708. The molecule has 0 heterocycles. The Hall–Kier alpha value is -1.98. The van der Waals surface area contributed by atoms with Gasteiger partial charge in [-0.2, -0.15) is 0 Å². The lowest BCUT2D eigenvalue weighted by atomic mass is 10.0. The van der Waals surface area contributed by atoms with Crippen LogP contribution in [0.15, 0.2) is 18.2 Å². The van der Waals surface area contributed by atoms with Crippen molar-refractivity contribution in [1.82, 2.24) is 0 Å². The molecule has 1 aromatic carbocycles. The van der Waals surface area contributed by atoms with Crippen LogP contribution in [-0.2, 0) is 25.7 Å². The van der Waals surface area contributed by atoms with E-state index in [4.69, 9.17) is 9.47 Å². The number of ether oxygens (including phenoxy) is 2. The molecule has 0 saturated heterocycles. The standard InChI is InChI=1S/C30H48F2O4/c1-2-3-4-5-6-7-8-9-10-11-12-13-14-15-16-17-23-35-29(33)19-18-20-30(34)36-25-26-24-27(31)21-22-28(26)32/h21-22,24H,2-20,23,25H2,1H3. The van der Waals surface area contributed by atoms with E-state index in [9.17, 15) is 18.4 Å². The topological polar surface area (TPSA) is 52.6 Å². The molecule has 0 aliphatic heterocycles. The first-order valence-corrected chi connectivity index (χ1v) is 14.3. The van der Waals surface area contributed by atoms with E-state index < -0.39 is 17.6 Å². The fourth-order valence-corrected chi connectivity index (χ4v) is 4.17. The second kappa shape index (κ2) is 22.2. The summed E-state index contributed by atoms with van der Waals surface area (Å²) in [5.41, 5.74) is -0.0124. The molecule has 0 N–H and O–H groups in total. The summed E-state index contributed by atoms with van der Waals surface area (Å²) in [6, 6.07) is 3.00. The highest BCUT2D eigenvalue weighted by Crippen LogP contribution is 2.14. The van der Waals surface area contributed by atoms with Crippen molar-refractivity contribution < 1.29 is 27.8 Å². The Morgan fingerprint density at radius 2 is 1.11 bits per heavy atom. The minimum Gasteiger partial charge on any atom is -0.466 e. The largest absolute Gasteiger partial charge is 0.466 e. The third-order valence-electron chi connectivity index (χ3n) is 6.42. The van der Waals surface area contributed by atoms with Gasteiger partial charge in [0.05, 0.1) is 6.61 Å². The van der Waals surface area contributed by atoms with Crippen LogP contribution in [-0.4, -0.2) is 18.5 Å². The van der Waals surface area contributed by atoms with E-state index in [0.717, 1.165) is 31.0 Å². The van der Waals surface area contributed by atoms with Crippen molar-refractivity contribution in [3.05, 3.63) is 35.4 Å². The van der Waals surface area contributed by atoms with Gasteiger partial charge in [0.2, 0.25) is 0 Å². The lowest BCUT2D eigenvalue weighted by Crippen LogP contribution is -2.09. The Labute approximate surface area is 217 Å². The Morgan fingerprint density at radius 3 is 1.64 bits per heavy atom. The van der Waals surface area contributed by atoms with Gasteiger partial charge < -0.3 is 9.47 Å². The molecule has 0 saturated carbocycles. The molecule has 6 heteroatoms. The molecule has 4 nitrogen and oxygen atoms in total. The van der Waals surface area contributed by atoms with Gasteiger partial charge in [-0.1, -0.05) is 103 Å². The molecular weight excluding hydrogens is 462 g/mol. The number of carbonyl (C=O) groups excluding carboxylic acids is 2. The molecule has 0 fully saturated rings. The molecule has 206 valence electrons. The van der Waals surface area contributed by atoms with Crippen LogP contribution in [0.25, 0.3) is 0 Å². The van der Waals surface area contributed by atoms with Gasteiger partial charge in [-0.3, -0.25) is 9.59 Å². The fraction of sp³-hybridized carbons (Fsp3) is 0.733. The van der Waals surface area contributed by atoms with E-state index >= 15 is 0 Å². The van der Waals surface area contributed by atoms with Crippen molar-refractivity contribution in [2.75, 3.05) is 6.61 Å². The van der Waals surface area contributed by atoms with Crippen molar-refractivity contribution in [3.8, 4) is 0 Å². The average Bonchev–Trinajstić information content (AvgIpc) is 2.86. The predicted octanol–water partition coefficient (Wildman–Crippen LogP) is 8.98. The zero-order valence-corrected chi connectivity index (χ0v) is 22.5. The van der Waals surface area contributed by atoms with E-state index in [1.807, 2.05) is 0 Å². The molecule has 0 aromatic heterocycles. The first-order valence-electron chi connectivity index (χ1n) is 14.3. The zero-order chi connectivity index (χ0) is 26.3. The van der Waals surface area contributed by atoms with Crippen molar-refractivity contribution in [2.45, 2.75) is 136 Å². The predicted molar refractivity (Wildman–Crippen MR) is 141 cm³/mol. The van der Waals surface area contributed by atoms with E-state index in [1.54, 1.807) is 0 Å². The summed E-state index contributed by atoms with van der Waals surface area (Å²) in [5, 5.41) is 0. The second-order valence-electron chi connectivity index (χ2n) is 9.77. The molecule has 36 heavy (non-hydrogen) atoms. The van der Waals surface area contributed by atoms with E-state index in [2.05, 4.69) is 6.92 Å². The number of benzene rings is 1. The van der Waals surface area contributed by atoms with Crippen LogP contribution in [0.4, 0.5) is 8.78 Å². The van der Waals surface area contributed by atoms with Gasteiger partial charge in [0.15, 0.2) is 0 Å². The van der Waals surface area contributed by atoms with Crippen LogP contribution in [0.1, 0.15) is 134 Å². The van der Waals surface area contributed by atoms with Crippen molar-refractivity contribution in [2.24, 2.45) is 0 Å². The van der Waals surface area contributed by atoms with Crippen LogP contribution in [0.5, 0.6) is 0 Å². The van der Waals surface area contributed by atoms with Gasteiger partial charge in [0.1, 0.15) is 18.2 Å². The third kappa shape index (κ3) is 18.3. The Kier molecular flexibility index (Phi) is 19.8. The van der Waals surface area contributed by atoms with Crippen molar-refractivity contribution in [1.29, 1.82) is 0 Å². The number of halogens is 2. The van der Waals surface area contributed by atoms with Crippen LogP contribution in [0.2, 0.25) is 0 Å². The molecule has 0 amide bonds. The van der Waals surface area contributed by atoms with Gasteiger partial charge >= 0.3 is 11.9 Å². The van der Waals surface area contributed by atoms with Crippen LogP contribution >= 0.6 is 0 Å². The monoisotopic (exact) mass is 510 g/mol. The zero-order valence-electron chi connectivity index (χ0n) is 22.5. The van der Waals surface area contributed by atoms with Gasteiger partial charge in [0, 0.05) is 18.4 Å². The smallest absolute Gasteiger partial charge is 0.306 e. The van der Waals surface area contributed by atoms with Crippen LogP contribution < -0.4 is 0 Å². The van der Waals surface area contributed by atoms with Crippen molar-refractivity contribution >= 4 is 11.9 Å². The van der Waals surface area contributed by atoms with Crippen LogP contribution in [0, 0.1) is 11.6 Å². The number of rotatable bonds is 23. The third-order valence-corrected chi connectivity index (χ3v) is 6.42. The molecule has 0 aliphatic carbocycles. The fourth-order valence-electron chi connectivity index (χ4n) is 4.17. The molecular formula is C30H48F2O4. The molecule has 0 spiro atoms. The first kappa shape index (κ1) is 32.0. The van der Waals surface area contributed by atoms with Gasteiger partial charge in [-0.05, 0) is 31.0 Å². The minimum absolute atomic E-state index is 0.0124. The number of carbonyl (C=O) groups is 2. The summed E-state index contributed by atoms with van der Waals surface area (Å²) in [7, 11) is 0. The van der Waals surface area contributed by atoms with E-state index in [1.165, 1.54) is 89.9 Å². The summed E-state index contributed by atoms with van der Waals surface area (Å²) in [6.45, 7) is 2.35. The SMILES string of the molecule is CCCCCCCCCCCCCCCCCCOC(=O)CCCC(=O)OCc1cc(F)ccc1F. The normalized spacial score (nSPS) is 11.0. The maximum absolute atomic E-state index is 13.5. The maximum Gasteiger partial charge on any atom is 0.306 e. The van der Waals surface area contributed by atoms with Gasteiger partial charge in [-0.15, -0.1) is 0 Å². The first-order chi connectivity index (χ1) is 17.5. The number of esters is 2. The van der Waals surface area contributed by atoms with Crippen molar-refractivity contribution in [3.63, 3.8) is 0 Å². The number of unbranched alkanes of at least 4 members (excludes halogenated alkanes) is 15. The summed E-state index contributed by atoms with van der Waals surface area (Å²) in [4.78, 5) is 23.5. The molecule has 1 aromatic rings. The minimum atomic E-state index is -0.623. The maximum atomic E-state index is 13.5. The summed E-state index contributed by atoms with van der Waals surface area (Å²) >= 11 is 0. The molecule has 0 bridgehead atoms. The summed E-state index contributed by atoms with van der Waals surface area (Å²) in [5.74, 6) is -2.08. The molecule has 0 atom stereocenters. The number of hydrogen-bond donors (Lipinski definition) is 0.